The highest BCUT2D eigenvalue weighted by molar-refractivity contribution is 5.83. The van der Waals surface area contributed by atoms with Crippen LogP contribution in [-0.4, -0.2) is 35.5 Å². The quantitative estimate of drug-likeness (QED) is 0.811. The SMILES string of the molecule is CNC(C(=O)NCC(F)(F)F)c1cnn(C)c1. The van der Waals surface area contributed by atoms with Crippen molar-refractivity contribution >= 4 is 5.91 Å². The average molecular weight is 250 g/mol. The molecule has 1 heterocycles. The van der Waals surface area contributed by atoms with Gasteiger partial charge in [0.2, 0.25) is 5.91 Å². The van der Waals surface area contributed by atoms with Crippen molar-refractivity contribution in [1.82, 2.24) is 20.4 Å². The number of amides is 1. The molecule has 0 aromatic carbocycles. The molecule has 96 valence electrons. The van der Waals surface area contributed by atoms with Crippen molar-refractivity contribution in [2.24, 2.45) is 7.05 Å². The third-order valence-corrected chi connectivity index (χ3v) is 2.07. The van der Waals surface area contributed by atoms with Crippen LogP contribution in [0, 0.1) is 0 Å². The van der Waals surface area contributed by atoms with E-state index in [1.807, 2.05) is 5.32 Å². The Bertz CT molecular complexity index is 388. The van der Waals surface area contributed by atoms with E-state index in [0.29, 0.717) is 5.56 Å². The fourth-order valence-corrected chi connectivity index (χ4v) is 1.33. The summed E-state index contributed by atoms with van der Waals surface area (Å²) in [6, 6.07) is -0.842. The van der Waals surface area contributed by atoms with Gasteiger partial charge in [0.1, 0.15) is 12.6 Å². The van der Waals surface area contributed by atoms with Crippen LogP contribution in [0.15, 0.2) is 12.4 Å². The average Bonchev–Trinajstić information content (AvgIpc) is 2.62. The number of aryl methyl sites for hydroxylation is 1. The van der Waals surface area contributed by atoms with Crippen molar-refractivity contribution < 1.29 is 18.0 Å². The summed E-state index contributed by atoms with van der Waals surface area (Å²) in [5.74, 6) is -0.738. The second kappa shape index (κ2) is 5.17. The molecule has 0 aliphatic rings. The Morgan fingerprint density at radius 1 is 1.59 bits per heavy atom. The molecule has 0 fully saturated rings. The van der Waals surface area contributed by atoms with Crippen LogP contribution in [-0.2, 0) is 11.8 Å². The van der Waals surface area contributed by atoms with E-state index in [9.17, 15) is 18.0 Å². The maximum absolute atomic E-state index is 11.9. The zero-order chi connectivity index (χ0) is 13.1. The Balaban J connectivity index is 2.65. The van der Waals surface area contributed by atoms with Crippen molar-refractivity contribution in [2.45, 2.75) is 12.2 Å². The molecule has 0 bridgehead atoms. The Morgan fingerprint density at radius 3 is 2.65 bits per heavy atom. The smallest absolute Gasteiger partial charge is 0.345 e. The molecule has 0 saturated heterocycles. The molecule has 1 aromatic heterocycles. The third kappa shape index (κ3) is 4.06. The minimum Gasteiger partial charge on any atom is -0.345 e. The van der Waals surface area contributed by atoms with Gasteiger partial charge in [-0.3, -0.25) is 9.48 Å². The molecule has 1 atom stereocenters. The van der Waals surface area contributed by atoms with Crippen LogP contribution in [0.3, 0.4) is 0 Å². The molecule has 0 saturated carbocycles. The molecule has 2 N–H and O–H groups in total. The lowest BCUT2D eigenvalue weighted by Crippen LogP contribution is -2.40. The predicted octanol–water partition coefficient (Wildman–Crippen LogP) is 0.359. The number of hydrogen-bond donors (Lipinski definition) is 2. The number of halogens is 3. The predicted molar refractivity (Wildman–Crippen MR) is 54.1 cm³/mol. The summed E-state index contributed by atoms with van der Waals surface area (Å²) in [4.78, 5) is 11.5. The highest BCUT2D eigenvalue weighted by Gasteiger charge is 2.29. The number of nitrogens with zero attached hydrogens (tertiary/aromatic N) is 2. The van der Waals surface area contributed by atoms with Gasteiger partial charge in [-0.1, -0.05) is 0 Å². The van der Waals surface area contributed by atoms with E-state index in [1.54, 1.807) is 13.2 Å². The monoisotopic (exact) mass is 250 g/mol. The summed E-state index contributed by atoms with van der Waals surface area (Å²) in [6.07, 6.45) is -1.43. The molecule has 8 heteroatoms. The lowest BCUT2D eigenvalue weighted by atomic mass is 10.1. The standard InChI is InChI=1S/C9H13F3N4O/c1-13-7(6-3-15-16(2)4-6)8(17)14-5-9(10,11)12/h3-4,7,13H,5H2,1-2H3,(H,14,17). The fourth-order valence-electron chi connectivity index (χ4n) is 1.33. The van der Waals surface area contributed by atoms with Gasteiger partial charge < -0.3 is 10.6 Å². The van der Waals surface area contributed by atoms with Gasteiger partial charge in [-0.2, -0.15) is 18.3 Å². The number of rotatable bonds is 4. The topological polar surface area (TPSA) is 59.0 Å². The molecule has 1 unspecified atom stereocenters. The van der Waals surface area contributed by atoms with Crippen LogP contribution in [0.4, 0.5) is 13.2 Å². The minimum atomic E-state index is -4.41. The Morgan fingerprint density at radius 2 is 2.24 bits per heavy atom. The Hall–Kier alpha value is -1.57. The van der Waals surface area contributed by atoms with Crippen LogP contribution >= 0.6 is 0 Å². The van der Waals surface area contributed by atoms with Gasteiger partial charge in [0.05, 0.1) is 6.20 Å². The maximum Gasteiger partial charge on any atom is 0.405 e. The van der Waals surface area contributed by atoms with Crippen molar-refractivity contribution in [3.05, 3.63) is 18.0 Å². The molecular weight excluding hydrogens is 237 g/mol. The van der Waals surface area contributed by atoms with Crippen LogP contribution in [0.5, 0.6) is 0 Å². The Labute approximate surface area is 96.0 Å². The molecule has 1 aromatic rings. The van der Waals surface area contributed by atoms with E-state index >= 15 is 0 Å². The van der Waals surface area contributed by atoms with Crippen molar-refractivity contribution in [2.75, 3.05) is 13.6 Å². The molecule has 0 spiro atoms. The number of carbonyl (C=O) groups is 1. The van der Waals surface area contributed by atoms with E-state index in [-0.39, 0.29) is 0 Å². The number of nitrogens with one attached hydrogen (secondary N) is 2. The molecule has 17 heavy (non-hydrogen) atoms. The first-order valence-corrected chi connectivity index (χ1v) is 4.84. The van der Waals surface area contributed by atoms with Gasteiger partial charge in [-0.15, -0.1) is 0 Å². The third-order valence-electron chi connectivity index (χ3n) is 2.07. The van der Waals surface area contributed by atoms with Gasteiger partial charge in [0, 0.05) is 18.8 Å². The largest absolute Gasteiger partial charge is 0.405 e. The second-order valence-electron chi connectivity index (χ2n) is 3.50. The second-order valence-corrected chi connectivity index (χ2v) is 3.50. The fraction of sp³-hybridized carbons (Fsp3) is 0.556. The van der Waals surface area contributed by atoms with Crippen molar-refractivity contribution in [1.29, 1.82) is 0 Å². The highest BCUT2D eigenvalue weighted by Crippen LogP contribution is 2.15. The molecular formula is C9H13F3N4O. The van der Waals surface area contributed by atoms with E-state index in [0.717, 1.165) is 0 Å². The number of aromatic nitrogens is 2. The minimum absolute atomic E-state index is 0.509. The summed E-state index contributed by atoms with van der Waals surface area (Å²) in [5, 5.41) is 8.30. The highest BCUT2D eigenvalue weighted by atomic mass is 19.4. The summed E-state index contributed by atoms with van der Waals surface area (Å²) >= 11 is 0. The molecule has 1 rings (SSSR count). The lowest BCUT2D eigenvalue weighted by Gasteiger charge is -2.15. The normalized spacial score (nSPS) is 13.5. The first-order valence-electron chi connectivity index (χ1n) is 4.84. The molecule has 0 aliphatic carbocycles. The van der Waals surface area contributed by atoms with E-state index in [1.165, 1.54) is 17.9 Å². The van der Waals surface area contributed by atoms with Crippen molar-refractivity contribution in [3.63, 3.8) is 0 Å². The number of likely N-dealkylation sites (N-methyl/N-ethyl adjacent to an activating group) is 1. The summed E-state index contributed by atoms with van der Waals surface area (Å²) in [7, 11) is 3.15. The van der Waals surface area contributed by atoms with Crippen molar-refractivity contribution in [3.8, 4) is 0 Å². The Kier molecular flexibility index (Phi) is 4.11. The first kappa shape index (κ1) is 13.5. The molecule has 1 amide bonds. The summed E-state index contributed by atoms with van der Waals surface area (Å²) in [5.41, 5.74) is 0.509. The number of hydrogen-bond acceptors (Lipinski definition) is 3. The maximum atomic E-state index is 11.9. The van der Waals surface area contributed by atoms with Crippen LogP contribution in [0.1, 0.15) is 11.6 Å². The van der Waals surface area contributed by atoms with Gasteiger partial charge in [-0.25, -0.2) is 0 Å². The molecule has 0 aliphatic heterocycles. The van der Waals surface area contributed by atoms with E-state index in [4.69, 9.17) is 0 Å². The number of carbonyl (C=O) groups excluding carboxylic acids is 1. The van der Waals surface area contributed by atoms with Gasteiger partial charge >= 0.3 is 6.18 Å². The zero-order valence-electron chi connectivity index (χ0n) is 9.38. The van der Waals surface area contributed by atoms with E-state index < -0.39 is 24.7 Å². The van der Waals surface area contributed by atoms with Gasteiger partial charge in [0.15, 0.2) is 0 Å². The lowest BCUT2D eigenvalue weighted by molar-refractivity contribution is -0.139. The van der Waals surface area contributed by atoms with Crippen LogP contribution in [0.2, 0.25) is 0 Å². The van der Waals surface area contributed by atoms with Gasteiger partial charge in [0.25, 0.3) is 0 Å². The van der Waals surface area contributed by atoms with E-state index in [2.05, 4.69) is 10.4 Å². The summed E-state index contributed by atoms with van der Waals surface area (Å²) < 4.78 is 37.3. The first-order chi connectivity index (χ1) is 7.83. The van der Waals surface area contributed by atoms with Crippen LogP contribution in [0.25, 0.3) is 0 Å². The summed E-state index contributed by atoms with van der Waals surface area (Å²) in [6.45, 7) is -1.34. The zero-order valence-corrected chi connectivity index (χ0v) is 9.38. The molecule has 0 radical (unpaired) electrons. The van der Waals surface area contributed by atoms with Crippen LogP contribution < -0.4 is 10.6 Å². The number of alkyl halides is 3. The van der Waals surface area contributed by atoms with Gasteiger partial charge in [-0.05, 0) is 7.05 Å². The molecule has 5 nitrogen and oxygen atoms in total.